The van der Waals surface area contributed by atoms with Crippen LogP contribution in [0.15, 0.2) is 11.4 Å². The predicted molar refractivity (Wildman–Crippen MR) is 68.1 cm³/mol. The molecular formula is C11H14N2O5S. The van der Waals surface area contributed by atoms with Crippen molar-refractivity contribution in [1.82, 2.24) is 10.2 Å². The van der Waals surface area contributed by atoms with Gasteiger partial charge in [0.2, 0.25) is 0 Å². The third-order valence-electron chi connectivity index (χ3n) is 2.31. The number of urea groups is 1. The molecule has 0 fully saturated rings. The molecule has 0 saturated carbocycles. The first-order chi connectivity index (χ1) is 8.90. The molecule has 0 aliphatic carbocycles. The van der Waals surface area contributed by atoms with Crippen LogP contribution < -0.4 is 5.32 Å². The van der Waals surface area contributed by atoms with Crippen LogP contribution in [0.3, 0.4) is 0 Å². The molecule has 0 saturated heterocycles. The summed E-state index contributed by atoms with van der Waals surface area (Å²) in [4.78, 5) is 34.5. The van der Waals surface area contributed by atoms with E-state index in [1.165, 1.54) is 11.3 Å². The van der Waals surface area contributed by atoms with E-state index in [1.807, 2.05) is 18.4 Å². The molecule has 2 amide bonds. The van der Waals surface area contributed by atoms with E-state index in [1.54, 1.807) is 0 Å². The number of rotatable bonds is 6. The molecule has 0 aliphatic rings. The van der Waals surface area contributed by atoms with Crippen molar-refractivity contribution in [2.45, 2.75) is 13.5 Å². The van der Waals surface area contributed by atoms with Gasteiger partial charge in [-0.3, -0.25) is 9.59 Å². The average molecular weight is 286 g/mol. The predicted octanol–water partition coefficient (Wildman–Crippen LogP) is 0.737. The number of carbonyl (C=O) groups is 3. The van der Waals surface area contributed by atoms with Crippen molar-refractivity contribution in [2.75, 3.05) is 13.1 Å². The molecule has 0 unspecified atom stereocenters. The lowest BCUT2D eigenvalue weighted by Gasteiger charge is -2.18. The van der Waals surface area contributed by atoms with Gasteiger partial charge in [-0.2, -0.15) is 0 Å². The minimum Gasteiger partial charge on any atom is -0.480 e. The van der Waals surface area contributed by atoms with Gasteiger partial charge in [-0.1, -0.05) is 0 Å². The fraction of sp³-hybridized carbons (Fsp3) is 0.364. The van der Waals surface area contributed by atoms with Gasteiger partial charge in [-0.25, -0.2) is 4.79 Å². The number of carboxylic acids is 2. The number of hydrogen-bond donors (Lipinski definition) is 3. The largest absolute Gasteiger partial charge is 0.480 e. The molecule has 1 aromatic rings. The summed E-state index contributed by atoms with van der Waals surface area (Å²) < 4.78 is 0. The Balaban J connectivity index is 2.58. The normalized spacial score (nSPS) is 9.95. The van der Waals surface area contributed by atoms with Crippen LogP contribution in [-0.2, 0) is 16.1 Å². The summed E-state index contributed by atoms with van der Waals surface area (Å²) in [6.07, 6.45) is 0. The molecule has 1 aromatic heterocycles. The number of hydrogen-bond acceptors (Lipinski definition) is 4. The number of carbonyl (C=O) groups excluding carboxylic acids is 1. The SMILES string of the molecule is Cc1ccsc1CNC(=O)N(CC(=O)O)CC(=O)O. The van der Waals surface area contributed by atoms with Crippen molar-refractivity contribution < 1.29 is 24.6 Å². The first-order valence-corrected chi connectivity index (χ1v) is 6.27. The number of aliphatic carboxylic acids is 2. The quantitative estimate of drug-likeness (QED) is 0.715. The van der Waals surface area contributed by atoms with E-state index in [-0.39, 0.29) is 6.54 Å². The molecule has 7 nitrogen and oxygen atoms in total. The summed E-state index contributed by atoms with van der Waals surface area (Å²) >= 11 is 1.47. The number of nitrogens with one attached hydrogen (secondary N) is 1. The standard InChI is InChI=1S/C11H14N2O5S/c1-7-2-3-19-8(7)4-12-11(18)13(5-9(14)15)6-10(16)17/h2-3H,4-6H2,1H3,(H,12,18)(H,14,15)(H,16,17). The number of amides is 2. The van der Waals surface area contributed by atoms with Crippen LogP contribution in [0.2, 0.25) is 0 Å². The fourth-order valence-electron chi connectivity index (χ4n) is 1.38. The van der Waals surface area contributed by atoms with Gasteiger partial charge in [-0.15, -0.1) is 11.3 Å². The third kappa shape index (κ3) is 4.96. The zero-order chi connectivity index (χ0) is 14.4. The maximum atomic E-state index is 11.7. The second kappa shape index (κ2) is 6.74. The minimum atomic E-state index is -1.26. The molecule has 0 aliphatic heterocycles. The second-order valence-electron chi connectivity index (χ2n) is 3.83. The van der Waals surface area contributed by atoms with Gasteiger partial charge < -0.3 is 20.4 Å². The zero-order valence-electron chi connectivity index (χ0n) is 10.3. The molecule has 1 heterocycles. The van der Waals surface area contributed by atoms with Gasteiger partial charge in [0.25, 0.3) is 0 Å². The fourth-order valence-corrected chi connectivity index (χ4v) is 2.22. The lowest BCUT2D eigenvalue weighted by atomic mass is 10.3. The van der Waals surface area contributed by atoms with Crippen molar-refractivity contribution >= 4 is 29.3 Å². The number of thiophene rings is 1. The van der Waals surface area contributed by atoms with Crippen LogP contribution in [-0.4, -0.2) is 46.2 Å². The maximum absolute atomic E-state index is 11.7. The van der Waals surface area contributed by atoms with E-state index < -0.39 is 31.1 Å². The van der Waals surface area contributed by atoms with Gasteiger partial charge >= 0.3 is 18.0 Å². The number of aryl methyl sites for hydroxylation is 1. The van der Waals surface area contributed by atoms with E-state index in [2.05, 4.69) is 5.32 Å². The van der Waals surface area contributed by atoms with Gasteiger partial charge in [0.15, 0.2) is 0 Å². The molecule has 0 spiro atoms. The van der Waals surface area contributed by atoms with Crippen molar-refractivity contribution in [2.24, 2.45) is 0 Å². The van der Waals surface area contributed by atoms with Crippen molar-refractivity contribution in [3.05, 3.63) is 21.9 Å². The molecule has 8 heteroatoms. The van der Waals surface area contributed by atoms with Gasteiger partial charge in [-0.05, 0) is 23.9 Å². The van der Waals surface area contributed by atoms with Crippen LogP contribution in [0, 0.1) is 6.92 Å². The molecule has 1 rings (SSSR count). The summed E-state index contributed by atoms with van der Waals surface area (Å²) in [5.74, 6) is -2.52. The summed E-state index contributed by atoms with van der Waals surface area (Å²) in [5, 5.41) is 21.6. The highest BCUT2D eigenvalue weighted by Gasteiger charge is 2.19. The van der Waals surface area contributed by atoms with Crippen LogP contribution in [0.25, 0.3) is 0 Å². The highest BCUT2D eigenvalue weighted by atomic mass is 32.1. The summed E-state index contributed by atoms with van der Waals surface area (Å²) in [6.45, 7) is 0.839. The molecule has 0 bridgehead atoms. The molecular weight excluding hydrogens is 272 g/mol. The molecule has 0 atom stereocenters. The highest BCUT2D eigenvalue weighted by Crippen LogP contribution is 2.14. The lowest BCUT2D eigenvalue weighted by Crippen LogP contribution is -2.45. The average Bonchev–Trinajstić information content (AvgIpc) is 2.69. The van der Waals surface area contributed by atoms with E-state index in [9.17, 15) is 14.4 Å². The van der Waals surface area contributed by atoms with Crippen molar-refractivity contribution in [3.63, 3.8) is 0 Å². The lowest BCUT2D eigenvalue weighted by molar-refractivity contribution is -0.140. The molecule has 104 valence electrons. The topological polar surface area (TPSA) is 107 Å². The second-order valence-corrected chi connectivity index (χ2v) is 4.83. The van der Waals surface area contributed by atoms with E-state index in [0.29, 0.717) is 0 Å². The van der Waals surface area contributed by atoms with E-state index >= 15 is 0 Å². The van der Waals surface area contributed by atoms with Crippen molar-refractivity contribution in [3.8, 4) is 0 Å². The van der Waals surface area contributed by atoms with Crippen LogP contribution >= 0.6 is 11.3 Å². The summed E-state index contributed by atoms with van der Waals surface area (Å²) in [6, 6.07) is 1.19. The monoisotopic (exact) mass is 286 g/mol. The van der Waals surface area contributed by atoms with Gasteiger partial charge in [0.05, 0.1) is 6.54 Å². The summed E-state index contributed by atoms with van der Waals surface area (Å²) in [7, 11) is 0. The first-order valence-electron chi connectivity index (χ1n) is 5.39. The minimum absolute atomic E-state index is 0.248. The Morgan fingerprint density at radius 1 is 1.26 bits per heavy atom. The summed E-state index contributed by atoms with van der Waals surface area (Å²) in [5.41, 5.74) is 1.02. The number of nitrogens with zero attached hydrogens (tertiary/aromatic N) is 1. The van der Waals surface area contributed by atoms with Crippen molar-refractivity contribution in [1.29, 1.82) is 0 Å². The van der Waals surface area contributed by atoms with Gasteiger partial charge in [0.1, 0.15) is 13.1 Å². The first kappa shape index (κ1) is 15.0. The van der Waals surface area contributed by atoms with E-state index in [0.717, 1.165) is 15.3 Å². The van der Waals surface area contributed by atoms with Crippen LogP contribution in [0.1, 0.15) is 10.4 Å². The Hall–Kier alpha value is -2.09. The van der Waals surface area contributed by atoms with Crippen LogP contribution in [0.5, 0.6) is 0 Å². The Morgan fingerprint density at radius 2 is 1.84 bits per heavy atom. The smallest absolute Gasteiger partial charge is 0.323 e. The Morgan fingerprint density at radius 3 is 2.26 bits per heavy atom. The Labute approximate surface area is 113 Å². The van der Waals surface area contributed by atoms with Gasteiger partial charge in [0, 0.05) is 4.88 Å². The molecule has 0 aromatic carbocycles. The molecule has 19 heavy (non-hydrogen) atoms. The zero-order valence-corrected chi connectivity index (χ0v) is 11.1. The van der Waals surface area contributed by atoms with E-state index in [4.69, 9.17) is 10.2 Å². The van der Waals surface area contributed by atoms with Crippen LogP contribution in [0.4, 0.5) is 4.79 Å². The highest BCUT2D eigenvalue weighted by molar-refractivity contribution is 7.10. The Kier molecular flexibility index (Phi) is 5.31. The molecule has 3 N–H and O–H groups in total. The Bertz CT molecular complexity index is 469. The maximum Gasteiger partial charge on any atom is 0.323 e. The number of carboxylic acid groups (broad SMARTS) is 2. The third-order valence-corrected chi connectivity index (χ3v) is 3.33. The molecule has 0 radical (unpaired) electrons.